The van der Waals surface area contributed by atoms with E-state index >= 15 is 0 Å². The Morgan fingerprint density at radius 2 is 1.90 bits per heavy atom. The number of hydrogen-bond donors (Lipinski definition) is 2. The third kappa shape index (κ3) is 4.71. The molecule has 0 bridgehead atoms. The number of carbonyl (C=O) groups is 2. The van der Waals surface area contributed by atoms with Gasteiger partial charge in [-0.2, -0.15) is 0 Å². The van der Waals surface area contributed by atoms with Crippen LogP contribution >= 0.6 is 0 Å². The predicted molar refractivity (Wildman–Crippen MR) is 116 cm³/mol. The SMILES string of the molecule is O=C(CCCCNC(=O)c1cn2c3c(cccc13)CCC2)NOCc1ccccc1. The van der Waals surface area contributed by atoms with Crippen LogP contribution in [0.15, 0.2) is 54.7 Å². The molecule has 30 heavy (non-hydrogen) atoms. The summed E-state index contributed by atoms with van der Waals surface area (Å²) in [5.41, 5.74) is 6.72. The normalized spacial score (nSPS) is 12.7. The highest BCUT2D eigenvalue weighted by Gasteiger charge is 2.19. The quantitative estimate of drug-likeness (QED) is 0.421. The number of unbranched alkanes of at least 4 members (excludes halogenated alkanes) is 1. The zero-order valence-corrected chi connectivity index (χ0v) is 17.0. The van der Waals surface area contributed by atoms with Crippen LogP contribution in [0.4, 0.5) is 0 Å². The monoisotopic (exact) mass is 405 g/mol. The van der Waals surface area contributed by atoms with Crippen molar-refractivity contribution in [3.05, 3.63) is 71.4 Å². The summed E-state index contributed by atoms with van der Waals surface area (Å²) in [7, 11) is 0. The molecule has 0 unspecified atom stereocenters. The van der Waals surface area contributed by atoms with Crippen molar-refractivity contribution in [1.29, 1.82) is 0 Å². The van der Waals surface area contributed by atoms with E-state index in [1.165, 1.54) is 11.1 Å². The van der Waals surface area contributed by atoms with Crippen LogP contribution in [0.3, 0.4) is 0 Å². The molecule has 0 atom stereocenters. The summed E-state index contributed by atoms with van der Waals surface area (Å²) in [6, 6.07) is 15.9. The van der Waals surface area contributed by atoms with Gasteiger partial charge in [0.2, 0.25) is 5.91 Å². The zero-order chi connectivity index (χ0) is 20.8. The number of aromatic nitrogens is 1. The average molecular weight is 405 g/mol. The molecule has 0 saturated carbocycles. The fourth-order valence-corrected chi connectivity index (χ4v) is 3.97. The number of hydroxylamine groups is 1. The Kier molecular flexibility index (Phi) is 6.44. The van der Waals surface area contributed by atoms with Crippen molar-refractivity contribution in [1.82, 2.24) is 15.4 Å². The predicted octanol–water partition coefficient (Wildman–Crippen LogP) is 3.74. The van der Waals surface area contributed by atoms with Crippen molar-refractivity contribution in [2.75, 3.05) is 6.54 Å². The second-order valence-electron chi connectivity index (χ2n) is 7.67. The summed E-state index contributed by atoms with van der Waals surface area (Å²) in [5.74, 6) is -0.195. The minimum atomic E-state index is -0.147. The van der Waals surface area contributed by atoms with Crippen LogP contribution in [0.5, 0.6) is 0 Å². The summed E-state index contributed by atoms with van der Waals surface area (Å²) in [5, 5.41) is 4.02. The van der Waals surface area contributed by atoms with Crippen LogP contribution in [0, 0.1) is 0 Å². The molecule has 0 radical (unpaired) electrons. The first-order valence-corrected chi connectivity index (χ1v) is 10.6. The number of aryl methyl sites for hydroxylation is 2. The van der Waals surface area contributed by atoms with E-state index in [4.69, 9.17) is 4.84 Å². The number of rotatable bonds is 9. The lowest BCUT2D eigenvalue weighted by atomic mass is 10.0. The van der Waals surface area contributed by atoms with Crippen molar-refractivity contribution in [3.8, 4) is 0 Å². The van der Waals surface area contributed by atoms with Gasteiger partial charge in [0.1, 0.15) is 0 Å². The van der Waals surface area contributed by atoms with Gasteiger partial charge in [0, 0.05) is 31.1 Å². The van der Waals surface area contributed by atoms with E-state index in [0.717, 1.165) is 42.3 Å². The van der Waals surface area contributed by atoms with E-state index in [2.05, 4.69) is 21.4 Å². The molecular formula is C24H27N3O3. The van der Waals surface area contributed by atoms with E-state index in [1.54, 1.807) is 0 Å². The number of hydrogen-bond acceptors (Lipinski definition) is 3. The summed E-state index contributed by atoms with van der Waals surface area (Å²) in [6.07, 6.45) is 5.94. The van der Waals surface area contributed by atoms with Gasteiger partial charge in [0.05, 0.1) is 17.7 Å². The molecule has 1 aromatic heterocycles. The number of benzene rings is 2. The summed E-state index contributed by atoms with van der Waals surface area (Å²) in [4.78, 5) is 29.7. The summed E-state index contributed by atoms with van der Waals surface area (Å²) >= 11 is 0. The van der Waals surface area contributed by atoms with E-state index in [9.17, 15) is 9.59 Å². The number of nitrogens with zero attached hydrogens (tertiary/aromatic N) is 1. The maximum absolute atomic E-state index is 12.7. The summed E-state index contributed by atoms with van der Waals surface area (Å²) < 4.78 is 2.20. The van der Waals surface area contributed by atoms with Gasteiger partial charge < -0.3 is 9.88 Å². The highest BCUT2D eigenvalue weighted by Crippen LogP contribution is 2.29. The molecule has 0 saturated heterocycles. The third-order valence-electron chi connectivity index (χ3n) is 5.46. The minimum Gasteiger partial charge on any atom is -0.352 e. The Balaban J connectivity index is 1.17. The number of amides is 2. The lowest BCUT2D eigenvalue weighted by Gasteiger charge is -2.14. The maximum atomic E-state index is 12.7. The Labute approximate surface area is 176 Å². The van der Waals surface area contributed by atoms with E-state index < -0.39 is 0 Å². The van der Waals surface area contributed by atoms with Gasteiger partial charge in [-0.15, -0.1) is 0 Å². The molecule has 1 aliphatic heterocycles. The minimum absolute atomic E-state index is 0.0477. The van der Waals surface area contributed by atoms with Crippen LogP contribution in [0.25, 0.3) is 10.9 Å². The number of nitrogens with one attached hydrogen (secondary N) is 2. The Bertz CT molecular complexity index is 1030. The molecular weight excluding hydrogens is 378 g/mol. The molecule has 6 nitrogen and oxygen atoms in total. The molecule has 1 aliphatic rings. The number of para-hydroxylation sites is 1. The standard InChI is InChI=1S/C24H27N3O3/c28-22(26-30-17-18-8-2-1-3-9-18)13-4-5-14-25-24(29)21-16-27-15-7-11-19-10-6-12-20(21)23(19)27/h1-3,6,8-10,12,16H,4-5,7,11,13-15,17H2,(H,25,29)(H,26,28). The molecule has 2 heterocycles. The number of carbonyl (C=O) groups excluding carboxylic acids is 2. The molecule has 6 heteroatoms. The molecule has 156 valence electrons. The van der Waals surface area contributed by atoms with Gasteiger partial charge in [-0.05, 0) is 36.8 Å². The summed E-state index contributed by atoms with van der Waals surface area (Å²) in [6.45, 7) is 1.85. The van der Waals surface area contributed by atoms with Crippen molar-refractivity contribution >= 4 is 22.7 Å². The van der Waals surface area contributed by atoms with Crippen LogP contribution < -0.4 is 10.8 Å². The van der Waals surface area contributed by atoms with Crippen LogP contribution in [0.1, 0.15) is 47.2 Å². The molecule has 4 rings (SSSR count). The molecule has 0 fully saturated rings. The average Bonchev–Trinajstić information content (AvgIpc) is 3.15. The highest BCUT2D eigenvalue weighted by molar-refractivity contribution is 6.07. The lowest BCUT2D eigenvalue weighted by Crippen LogP contribution is -2.25. The molecule has 2 N–H and O–H groups in total. The zero-order valence-electron chi connectivity index (χ0n) is 17.0. The van der Waals surface area contributed by atoms with Gasteiger partial charge in [-0.25, -0.2) is 5.48 Å². The topological polar surface area (TPSA) is 72.4 Å². The molecule has 2 amide bonds. The van der Waals surface area contributed by atoms with E-state index in [1.807, 2.05) is 48.7 Å². The Hall–Kier alpha value is -3.12. The molecule has 2 aromatic carbocycles. The van der Waals surface area contributed by atoms with Crippen LogP contribution in [-0.4, -0.2) is 22.9 Å². The van der Waals surface area contributed by atoms with Gasteiger partial charge >= 0.3 is 0 Å². The van der Waals surface area contributed by atoms with Gasteiger partial charge in [-0.3, -0.25) is 14.4 Å². The largest absolute Gasteiger partial charge is 0.352 e. The first kappa shape index (κ1) is 20.2. The smallest absolute Gasteiger partial charge is 0.253 e. The van der Waals surface area contributed by atoms with Crippen molar-refractivity contribution < 1.29 is 14.4 Å². The second kappa shape index (κ2) is 9.59. The third-order valence-corrected chi connectivity index (χ3v) is 5.46. The fourth-order valence-electron chi connectivity index (χ4n) is 3.97. The fraction of sp³-hybridized carbons (Fsp3) is 0.333. The van der Waals surface area contributed by atoms with E-state index in [-0.39, 0.29) is 11.8 Å². The van der Waals surface area contributed by atoms with Crippen LogP contribution in [-0.2, 0) is 29.2 Å². The highest BCUT2D eigenvalue weighted by atomic mass is 16.6. The molecule has 0 spiro atoms. The van der Waals surface area contributed by atoms with Crippen LogP contribution in [0.2, 0.25) is 0 Å². The molecule has 0 aliphatic carbocycles. The van der Waals surface area contributed by atoms with Crippen molar-refractivity contribution in [3.63, 3.8) is 0 Å². The maximum Gasteiger partial charge on any atom is 0.253 e. The first-order chi connectivity index (χ1) is 14.7. The van der Waals surface area contributed by atoms with Gasteiger partial charge in [-0.1, -0.05) is 48.5 Å². The lowest BCUT2D eigenvalue weighted by molar-refractivity contribution is -0.134. The van der Waals surface area contributed by atoms with E-state index in [0.29, 0.717) is 26.0 Å². The Morgan fingerprint density at radius 3 is 2.77 bits per heavy atom. The first-order valence-electron chi connectivity index (χ1n) is 10.6. The van der Waals surface area contributed by atoms with Gasteiger partial charge in [0.15, 0.2) is 0 Å². The van der Waals surface area contributed by atoms with Crippen molar-refractivity contribution in [2.24, 2.45) is 0 Å². The Morgan fingerprint density at radius 1 is 1.03 bits per heavy atom. The van der Waals surface area contributed by atoms with Crippen molar-refractivity contribution in [2.45, 2.75) is 45.3 Å². The molecule has 3 aromatic rings. The van der Waals surface area contributed by atoms with Gasteiger partial charge in [0.25, 0.3) is 5.91 Å². The second-order valence-corrected chi connectivity index (χ2v) is 7.67.